The van der Waals surface area contributed by atoms with Gasteiger partial charge >= 0.3 is 0 Å². The van der Waals surface area contributed by atoms with Gasteiger partial charge in [-0.25, -0.2) is 8.42 Å². The lowest BCUT2D eigenvalue weighted by Crippen LogP contribution is -2.52. The van der Waals surface area contributed by atoms with Gasteiger partial charge in [0, 0.05) is 13.1 Å². The number of ether oxygens (including phenoxy) is 2. The van der Waals surface area contributed by atoms with Crippen LogP contribution in [0.25, 0.3) is 0 Å². The number of hydrogen-bond acceptors (Lipinski definition) is 5. The van der Waals surface area contributed by atoms with Gasteiger partial charge < -0.3 is 14.8 Å². The molecule has 8 heteroatoms. The van der Waals surface area contributed by atoms with E-state index in [9.17, 15) is 13.2 Å². The van der Waals surface area contributed by atoms with Crippen molar-refractivity contribution in [2.24, 2.45) is 0 Å². The van der Waals surface area contributed by atoms with Gasteiger partial charge in [-0.2, -0.15) is 4.31 Å². The third-order valence-electron chi connectivity index (χ3n) is 6.04. The van der Waals surface area contributed by atoms with Crippen LogP contribution in [0.15, 0.2) is 71.6 Å². The van der Waals surface area contributed by atoms with Crippen LogP contribution in [-0.4, -0.2) is 31.5 Å². The van der Waals surface area contributed by atoms with Gasteiger partial charge in [0.15, 0.2) is 11.5 Å². The normalized spacial score (nSPS) is 17.4. The summed E-state index contributed by atoms with van der Waals surface area (Å²) in [5, 5.41) is 2.91. The van der Waals surface area contributed by atoms with Crippen molar-refractivity contribution in [1.82, 2.24) is 9.62 Å². The zero-order valence-electron chi connectivity index (χ0n) is 18.2. The lowest BCUT2D eigenvalue weighted by atomic mass is 9.95. The molecule has 1 atom stereocenters. The van der Waals surface area contributed by atoms with Crippen molar-refractivity contribution < 1.29 is 22.7 Å². The lowest BCUT2D eigenvalue weighted by Gasteiger charge is -2.35. The first-order valence-corrected chi connectivity index (χ1v) is 12.2. The molecule has 2 aliphatic rings. The maximum Gasteiger partial charge on any atom is 0.244 e. The summed E-state index contributed by atoms with van der Waals surface area (Å²) in [7, 11) is -3.87. The molecule has 33 heavy (non-hydrogen) atoms. The summed E-state index contributed by atoms with van der Waals surface area (Å²) >= 11 is 0. The Balaban J connectivity index is 1.41. The maximum absolute atomic E-state index is 13.5. The molecular weight excluding hydrogens is 440 g/mol. The van der Waals surface area contributed by atoms with Crippen molar-refractivity contribution in [3.05, 3.63) is 89.0 Å². The minimum absolute atomic E-state index is 0.147. The number of carbonyl (C=O) groups is 1. The topological polar surface area (TPSA) is 84.9 Å². The molecule has 0 saturated heterocycles. The number of amides is 1. The first-order chi connectivity index (χ1) is 15.9. The number of rotatable bonds is 5. The second-order valence-corrected chi connectivity index (χ2v) is 10.1. The number of sulfonamides is 1. The molecule has 0 saturated carbocycles. The molecule has 3 aromatic rings. The quantitative estimate of drug-likeness (QED) is 0.627. The molecule has 0 spiro atoms. The Kier molecular flexibility index (Phi) is 5.55. The van der Waals surface area contributed by atoms with E-state index >= 15 is 0 Å². The van der Waals surface area contributed by atoms with Gasteiger partial charge in [-0.05, 0) is 54.3 Å². The first-order valence-electron chi connectivity index (χ1n) is 10.7. The number of hydrogen-bond donors (Lipinski definition) is 1. The highest BCUT2D eigenvalue weighted by Gasteiger charge is 2.39. The summed E-state index contributed by atoms with van der Waals surface area (Å²) in [5.74, 6) is 0.971. The fraction of sp³-hybridized carbons (Fsp3) is 0.240. The molecule has 0 aromatic heterocycles. The fourth-order valence-corrected chi connectivity index (χ4v) is 5.74. The van der Waals surface area contributed by atoms with Crippen LogP contribution in [0.1, 0.15) is 22.3 Å². The number of carbonyl (C=O) groups excluding carboxylic acids is 1. The lowest BCUT2D eigenvalue weighted by molar-refractivity contribution is -0.125. The largest absolute Gasteiger partial charge is 0.454 e. The van der Waals surface area contributed by atoms with Crippen LogP contribution < -0.4 is 14.8 Å². The van der Waals surface area contributed by atoms with Gasteiger partial charge in [0.05, 0.1) is 4.90 Å². The molecule has 1 N–H and O–H groups in total. The number of aryl methyl sites for hydroxylation is 1. The summed E-state index contributed by atoms with van der Waals surface area (Å²) < 4.78 is 39.1. The minimum Gasteiger partial charge on any atom is -0.454 e. The molecule has 0 fully saturated rings. The van der Waals surface area contributed by atoms with Crippen LogP contribution in [0.5, 0.6) is 11.5 Å². The Labute approximate surface area is 193 Å². The zero-order chi connectivity index (χ0) is 23.0. The Hall–Kier alpha value is -3.36. The van der Waals surface area contributed by atoms with Gasteiger partial charge in [0.25, 0.3) is 0 Å². The van der Waals surface area contributed by atoms with Crippen LogP contribution in [0, 0.1) is 6.92 Å². The summed E-state index contributed by atoms with van der Waals surface area (Å²) in [6.07, 6.45) is 0.314. The van der Waals surface area contributed by atoms with E-state index in [4.69, 9.17) is 9.47 Å². The molecule has 170 valence electrons. The average Bonchev–Trinajstić information content (AvgIpc) is 3.30. The highest BCUT2D eigenvalue weighted by Crippen LogP contribution is 2.33. The van der Waals surface area contributed by atoms with Gasteiger partial charge in [0.2, 0.25) is 22.7 Å². The molecule has 1 unspecified atom stereocenters. The number of fused-ring (bicyclic) bond motifs is 2. The predicted octanol–water partition coefficient (Wildman–Crippen LogP) is 3.16. The van der Waals surface area contributed by atoms with Crippen molar-refractivity contribution in [2.45, 2.75) is 37.4 Å². The number of nitrogens with one attached hydrogen (secondary N) is 1. The molecule has 7 nitrogen and oxygen atoms in total. The van der Waals surface area contributed by atoms with E-state index in [1.807, 2.05) is 43.3 Å². The Morgan fingerprint density at radius 2 is 1.73 bits per heavy atom. The summed E-state index contributed by atoms with van der Waals surface area (Å²) in [6, 6.07) is 19.0. The average molecular weight is 465 g/mol. The Morgan fingerprint density at radius 1 is 1.00 bits per heavy atom. The van der Waals surface area contributed by atoms with E-state index in [1.165, 1.54) is 4.31 Å². The molecule has 2 aliphatic heterocycles. The molecule has 0 radical (unpaired) electrons. The van der Waals surface area contributed by atoms with Crippen molar-refractivity contribution in [3.63, 3.8) is 0 Å². The first kappa shape index (κ1) is 21.5. The second-order valence-electron chi connectivity index (χ2n) is 8.26. The van der Waals surface area contributed by atoms with E-state index < -0.39 is 16.1 Å². The molecular formula is C25H24N2O5S. The van der Waals surface area contributed by atoms with E-state index in [0.717, 1.165) is 22.3 Å². The number of benzene rings is 3. The predicted molar refractivity (Wildman–Crippen MR) is 122 cm³/mol. The van der Waals surface area contributed by atoms with E-state index in [1.54, 1.807) is 30.3 Å². The van der Waals surface area contributed by atoms with Gasteiger partial charge in [-0.1, -0.05) is 48.0 Å². The highest BCUT2D eigenvalue weighted by molar-refractivity contribution is 7.89. The van der Waals surface area contributed by atoms with E-state index in [0.29, 0.717) is 17.9 Å². The maximum atomic E-state index is 13.5. The van der Waals surface area contributed by atoms with Gasteiger partial charge in [0.1, 0.15) is 6.04 Å². The molecule has 1 amide bonds. The Morgan fingerprint density at radius 3 is 2.52 bits per heavy atom. The van der Waals surface area contributed by atoms with Crippen molar-refractivity contribution in [2.75, 3.05) is 6.79 Å². The second kappa shape index (κ2) is 8.53. The van der Waals surface area contributed by atoms with Crippen LogP contribution in [0.4, 0.5) is 0 Å². The van der Waals surface area contributed by atoms with E-state index in [2.05, 4.69) is 5.32 Å². The molecule has 3 aromatic carbocycles. The molecule has 5 rings (SSSR count). The monoisotopic (exact) mass is 464 g/mol. The SMILES string of the molecule is Cc1ccc(S(=O)(=O)N2Cc3ccccc3CC2C(=O)NCc2ccc3c(c2)OCO3)cc1. The zero-order valence-corrected chi connectivity index (χ0v) is 19.0. The molecule has 0 bridgehead atoms. The third kappa shape index (κ3) is 4.19. The van der Waals surface area contributed by atoms with Crippen molar-refractivity contribution in [3.8, 4) is 11.5 Å². The van der Waals surface area contributed by atoms with Crippen LogP contribution in [0.3, 0.4) is 0 Å². The Bertz CT molecular complexity index is 1300. The van der Waals surface area contributed by atoms with Crippen LogP contribution in [-0.2, 0) is 34.3 Å². The fourth-order valence-electron chi connectivity index (χ4n) is 4.18. The van der Waals surface area contributed by atoms with Crippen molar-refractivity contribution >= 4 is 15.9 Å². The minimum atomic E-state index is -3.87. The smallest absolute Gasteiger partial charge is 0.244 e. The van der Waals surface area contributed by atoms with Gasteiger partial charge in [-0.15, -0.1) is 0 Å². The van der Waals surface area contributed by atoms with E-state index in [-0.39, 0.29) is 30.7 Å². The highest BCUT2D eigenvalue weighted by atomic mass is 32.2. The van der Waals surface area contributed by atoms with Crippen LogP contribution >= 0.6 is 0 Å². The molecule has 0 aliphatic carbocycles. The van der Waals surface area contributed by atoms with Crippen LogP contribution in [0.2, 0.25) is 0 Å². The standard InChI is InChI=1S/C25H24N2O5S/c1-17-6-9-21(10-7-17)33(29,30)27-15-20-5-3-2-4-19(20)13-22(27)25(28)26-14-18-8-11-23-24(12-18)32-16-31-23/h2-12,22H,13-16H2,1H3,(H,26,28). The summed E-state index contributed by atoms with van der Waals surface area (Å²) in [6.45, 7) is 2.49. The summed E-state index contributed by atoms with van der Waals surface area (Å²) in [5.41, 5.74) is 3.71. The summed E-state index contributed by atoms with van der Waals surface area (Å²) in [4.78, 5) is 13.5. The molecule has 2 heterocycles. The van der Waals surface area contributed by atoms with Crippen molar-refractivity contribution in [1.29, 1.82) is 0 Å². The number of nitrogens with zero attached hydrogens (tertiary/aromatic N) is 1. The third-order valence-corrected chi connectivity index (χ3v) is 7.91. The van der Waals surface area contributed by atoms with Gasteiger partial charge in [-0.3, -0.25) is 4.79 Å².